The molecule has 0 fully saturated rings. The number of anilines is 1. The van der Waals surface area contributed by atoms with Gasteiger partial charge in [-0.2, -0.15) is 0 Å². The second-order valence-corrected chi connectivity index (χ2v) is 6.10. The van der Waals surface area contributed by atoms with Crippen molar-refractivity contribution in [3.63, 3.8) is 0 Å². The molecule has 0 bridgehead atoms. The van der Waals surface area contributed by atoms with Crippen molar-refractivity contribution in [2.45, 2.75) is 19.9 Å². The molecule has 0 aliphatic carbocycles. The summed E-state index contributed by atoms with van der Waals surface area (Å²) >= 11 is 1.67. The van der Waals surface area contributed by atoms with E-state index in [4.69, 9.17) is 0 Å². The molecule has 0 spiro atoms. The number of halogens is 1. The molecule has 1 N–H and O–H groups in total. The summed E-state index contributed by atoms with van der Waals surface area (Å²) in [6.07, 6.45) is 0. The number of hydrogen-bond donors (Lipinski definition) is 1. The molecule has 1 aromatic heterocycles. The van der Waals surface area contributed by atoms with Crippen LogP contribution in [0.1, 0.15) is 23.4 Å². The van der Waals surface area contributed by atoms with Gasteiger partial charge >= 0.3 is 0 Å². The Labute approximate surface area is 128 Å². The van der Waals surface area contributed by atoms with Crippen molar-refractivity contribution in [2.24, 2.45) is 0 Å². The van der Waals surface area contributed by atoms with Crippen LogP contribution in [-0.4, -0.2) is 24.4 Å². The lowest BCUT2D eigenvalue weighted by Crippen LogP contribution is -2.31. The minimum Gasteiger partial charge on any atom is -0.325 e. The fourth-order valence-electron chi connectivity index (χ4n) is 1.98. The first-order chi connectivity index (χ1) is 9.97. The predicted molar refractivity (Wildman–Crippen MR) is 85.1 cm³/mol. The van der Waals surface area contributed by atoms with Crippen molar-refractivity contribution in [3.05, 3.63) is 52.0 Å². The third-order valence-electron chi connectivity index (χ3n) is 3.46. The molecule has 0 radical (unpaired) electrons. The second-order valence-electron chi connectivity index (χ2n) is 5.12. The first-order valence-electron chi connectivity index (χ1n) is 6.77. The van der Waals surface area contributed by atoms with Crippen molar-refractivity contribution < 1.29 is 9.18 Å². The van der Waals surface area contributed by atoms with Gasteiger partial charge in [0.05, 0.1) is 6.54 Å². The fourth-order valence-corrected chi connectivity index (χ4v) is 2.83. The smallest absolute Gasteiger partial charge is 0.238 e. The van der Waals surface area contributed by atoms with Crippen LogP contribution >= 0.6 is 11.3 Å². The van der Waals surface area contributed by atoms with Crippen molar-refractivity contribution in [1.29, 1.82) is 0 Å². The lowest BCUT2D eigenvalue weighted by molar-refractivity contribution is -0.117. The van der Waals surface area contributed by atoms with Gasteiger partial charge in [0.2, 0.25) is 5.91 Å². The van der Waals surface area contributed by atoms with Crippen LogP contribution in [0.4, 0.5) is 10.1 Å². The predicted octanol–water partition coefficient (Wildman–Crippen LogP) is 3.83. The molecule has 1 atom stereocenters. The molecule has 5 heteroatoms. The number of hydrogen-bond acceptors (Lipinski definition) is 3. The van der Waals surface area contributed by atoms with E-state index in [0.29, 0.717) is 11.3 Å². The van der Waals surface area contributed by atoms with E-state index >= 15 is 0 Å². The summed E-state index contributed by atoms with van der Waals surface area (Å²) in [6, 6.07) is 8.93. The van der Waals surface area contributed by atoms with Crippen molar-refractivity contribution in [3.8, 4) is 0 Å². The van der Waals surface area contributed by atoms with Crippen molar-refractivity contribution in [1.82, 2.24) is 4.90 Å². The van der Waals surface area contributed by atoms with E-state index in [9.17, 15) is 9.18 Å². The van der Waals surface area contributed by atoms with Crippen LogP contribution in [-0.2, 0) is 4.79 Å². The Morgan fingerprint density at radius 1 is 1.43 bits per heavy atom. The Bertz CT molecular complexity index is 613. The average Bonchev–Trinajstić information content (AvgIpc) is 2.96. The zero-order chi connectivity index (χ0) is 15.4. The van der Waals surface area contributed by atoms with E-state index < -0.39 is 0 Å². The minimum absolute atomic E-state index is 0.149. The fraction of sp³-hybridized carbons (Fsp3) is 0.312. The lowest BCUT2D eigenvalue weighted by atomic mass is 10.2. The molecule has 112 valence electrons. The molecule has 0 saturated heterocycles. The maximum Gasteiger partial charge on any atom is 0.238 e. The molecule has 0 aliphatic rings. The molecule has 0 saturated carbocycles. The largest absolute Gasteiger partial charge is 0.325 e. The van der Waals surface area contributed by atoms with Gasteiger partial charge in [0.25, 0.3) is 0 Å². The van der Waals surface area contributed by atoms with E-state index in [0.717, 1.165) is 0 Å². The highest BCUT2D eigenvalue weighted by Crippen LogP contribution is 2.23. The van der Waals surface area contributed by atoms with Crippen LogP contribution < -0.4 is 5.32 Å². The molecule has 1 heterocycles. The summed E-state index contributed by atoms with van der Waals surface area (Å²) in [5, 5.41) is 4.75. The van der Waals surface area contributed by atoms with Gasteiger partial charge in [0, 0.05) is 16.6 Å². The molecular weight excluding hydrogens is 287 g/mol. The average molecular weight is 306 g/mol. The molecule has 0 aliphatic heterocycles. The van der Waals surface area contributed by atoms with Crippen LogP contribution in [0.15, 0.2) is 35.7 Å². The Morgan fingerprint density at radius 2 is 2.19 bits per heavy atom. The summed E-state index contributed by atoms with van der Waals surface area (Å²) in [4.78, 5) is 15.2. The van der Waals surface area contributed by atoms with Crippen molar-refractivity contribution >= 4 is 22.9 Å². The topological polar surface area (TPSA) is 32.3 Å². The molecule has 2 aromatic rings. The highest BCUT2D eigenvalue weighted by atomic mass is 32.1. The minimum atomic E-state index is -0.312. The quantitative estimate of drug-likeness (QED) is 0.910. The summed E-state index contributed by atoms with van der Waals surface area (Å²) in [7, 11) is 1.90. The Morgan fingerprint density at radius 3 is 2.81 bits per heavy atom. The lowest BCUT2D eigenvalue weighted by Gasteiger charge is -2.23. The number of likely N-dealkylation sites (N-methyl/N-ethyl adjacent to an activating group) is 1. The highest BCUT2D eigenvalue weighted by molar-refractivity contribution is 7.10. The number of rotatable bonds is 5. The van der Waals surface area contributed by atoms with Crippen LogP contribution in [0.5, 0.6) is 0 Å². The molecule has 1 unspecified atom stereocenters. The van der Waals surface area contributed by atoms with Gasteiger partial charge in [0.15, 0.2) is 0 Å². The first kappa shape index (κ1) is 15.7. The number of nitrogens with one attached hydrogen (secondary N) is 1. The van der Waals surface area contributed by atoms with Crippen LogP contribution in [0.25, 0.3) is 0 Å². The number of thiophene rings is 1. The number of aryl methyl sites for hydroxylation is 1. The third-order valence-corrected chi connectivity index (χ3v) is 4.51. The second kappa shape index (κ2) is 6.83. The number of amides is 1. The maximum absolute atomic E-state index is 13.4. The summed E-state index contributed by atoms with van der Waals surface area (Å²) in [5.41, 5.74) is 1.05. The Balaban J connectivity index is 1.93. The van der Waals surface area contributed by atoms with E-state index in [1.807, 2.05) is 23.4 Å². The van der Waals surface area contributed by atoms with Gasteiger partial charge in [-0.25, -0.2) is 4.39 Å². The van der Waals surface area contributed by atoms with Gasteiger partial charge < -0.3 is 5.32 Å². The van der Waals surface area contributed by atoms with Crippen LogP contribution in [0.2, 0.25) is 0 Å². The number of carbonyl (C=O) groups excluding carboxylic acids is 1. The summed E-state index contributed by atoms with van der Waals surface area (Å²) < 4.78 is 13.4. The van der Waals surface area contributed by atoms with E-state index in [-0.39, 0.29) is 24.3 Å². The number of nitrogens with zero attached hydrogens (tertiary/aromatic N) is 1. The van der Waals surface area contributed by atoms with E-state index in [2.05, 4.69) is 18.3 Å². The molecule has 3 nitrogen and oxygen atoms in total. The van der Waals surface area contributed by atoms with Crippen LogP contribution in [0.3, 0.4) is 0 Å². The van der Waals surface area contributed by atoms with Gasteiger partial charge in [-0.3, -0.25) is 9.69 Å². The Hall–Kier alpha value is -1.72. The number of carbonyl (C=O) groups is 1. The molecule has 1 aromatic carbocycles. The zero-order valence-corrected chi connectivity index (χ0v) is 13.2. The standard InChI is InChI=1S/C16H19FN2OS/c1-11-6-7-13(9-14(11)17)18-16(20)10-19(3)12(2)15-5-4-8-21-15/h4-9,12H,10H2,1-3H3,(H,18,20). The normalized spacial score (nSPS) is 12.4. The van der Waals surface area contributed by atoms with E-state index in [1.165, 1.54) is 10.9 Å². The SMILES string of the molecule is Cc1ccc(NC(=O)CN(C)C(C)c2cccs2)cc1F. The van der Waals surface area contributed by atoms with Crippen LogP contribution in [0, 0.1) is 12.7 Å². The van der Waals surface area contributed by atoms with Gasteiger partial charge in [-0.1, -0.05) is 12.1 Å². The molecule has 21 heavy (non-hydrogen) atoms. The summed E-state index contributed by atoms with van der Waals surface area (Å²) in [5.74, 6) is -0.461. The third kappa shape index (κ3) is 4.12. The van der Waals surface area contributed by atoms with Crippen molar-refractivity contribution in [2.75, 3.05) is 18.9 Å². The molecule has 1 amide bonds. The van der Waals surface area contributed by atoms with Gasteiger partial charge in [-0.15, -0.1) is 11.3 Å². The Kier molecular flexibility index (Phi) is 5.09. The van der Waals surface area contributed by atoms with E-state index in [1.54, 1.807) is 30.4 Å². The summed E-state index contributed by atoms with van der Waals surface area (Å²) in [6.45, 7) is 4.01. The molecular formula is C16H19FN2OS. The maximum atomic E-state index is 13.4. The molecule has 2 rings (SSSR count). The van der Waals surface area contributed by atoms with Gasteiger partial charge in [0.1, 0.15) is 5.82 Å². The van der Waals surface area contributed by atoms with Gasteiger partial charge in [-0.05, 0) is 50.0 Å². The number of benzene rings is 1. The monoisotopic (exact) mass is 306 g/mol. The highest BCUT2D eigenvalue weighted by Gasteiger charge is 2.15. The first-order valence-corrected chi connectivity index (χ1v) is 7.65. The zero-order valence-electron chi connectivity index (χ0n) is 12.4.